The van der Waals surface area contributed by atoms with Gasteiger partial charge in [0, 0.05) is 24.0 Å². The molecule has 5 nitrogen and oxygen atoms in total. The standard InChI is InChI=1S/C15H20ClNO4/c16-13-5-1-3-11(9-13)14(21-8-7-18)12-4-2-6-17(10-12)15(19)20/h1,3,5,9,12,14,18H,2,4,6-8,10H2,(H,19,20)/t12-,14+/m1/s1. The highest BCUT2D eigenvalue weighted by molar-refractivity contribution is 6.30. The summed E-state index contributed by atoms with van der Waals surface area (Å²) >= 11 is 6.03. The monoisotopic (exact) mass is 313 g/mol. The van der Waals surface area contributed by atoms with Crippen molar-refractivity contribution in [2.75, 3.05) is 26.3 Å². The van der Waals surface area contributed by atoms with E-state index in [0.717, 1.165) is 18.4 Å². The summed E-state index contributed by atoms with van der Waals surface area (Å²) in [7, 11) is 0. The summed E-state index contributed by atoms with van der Waals surface area (Å²) in [6.45, 7) is 1.17. The van der Waals surface area contributed by atoms with Gasteiger partial charge in [-0.05, 0) is 30.5 Å². The minimum Gasteiger partial charge on any atom is -0.465 e. The fourth-order valence-electron chi connectivity index (χ4n) is 2.80. The molecule has 0 aromatic heterocycles. The van der Waals surface area contributed by atoms with Gasteiger partial charge < -0.3 is 19.8 Å². The van der Waals surface area contributed by atoms with Crippen LogP contribution in [0.5, 0.6) is 0 Å². The average Bonchev–Trinajstić information content (AvgIpc) is 2.48. The van der Waals surface area contributed by atoms with Crippen molar-refractivity contribution < 1.29 is 19.7 Å². The van der Waals surface area contributed by atoms with Crippen molar-refractivity contribution in [3.63, 3.8) is 0 Å². The van der Waals surface area contributed by atoms with Gasteiger partial charge in [0.2, 0.25) is 0 Å². The van der Waals surface area contributed by atoms with Crippen LogP contribution >= 0.6 is 11.6 Å². The predicted molar refractivity (Wildman–Crippen MR) is 79.6 cm³/mol. The lowest BCUT2D eigenvalue weighted by Crippen LogP contribution is -2.41. The molecule has 116 valence electrons. The number of ether oxygens (including phenoxy) is 1. The number of halogens is 1. The Kier molecular flexibility index (Phi) is 5.85. The number of hydrogen-bond donors (Lipinski definition) is 2. The number of likely N-dealkylation sites (tertiary alicyclic amines) is 1. The summed E-state index contributed by atoms with van der Waals surface area (Å²) in [6.07, 6.45) is 0.563. The highest BCUT2D eigenvalue weighted by Gasteiger charge is 2.31. The van der Waals surface area contributed by atoms with E-state index in [1.54, 1.807) is 6.07 Å². The molecular weight excluding hydrogens is 294 g/mol. The molecule has 1 heterocycles. The van der Waals surface area contributed by atoms with Gasteiger partial charge in [-0.1, -0.05) is 23.7 Å². The molecule has 0 radical (unpaired) electrons. The van der Waals surface area contributed by atoms with Crippen LogP contribution in [0.25, 0.3) is 0 Å². The Morgan fingerprint density at radius 3 is 3.00 bits per heavy atom. The van der Waals surface area contributed by atoms with E-state index in [2.05, 4.69) is 0 Å². The molecule has 2 atom stereocenters. The fourth-order valence-corrected chi connectivity index (χ4v) is 3.00. The van der Waals surface area contributed by atoms with Crippen LogP contribution in [0, 0.1) is 5.92 Å². The molecule has 0 unspecified atom stereocenters. The molecule has 0 aliphatic carbocycles. The number of aliphatic hydroxyl groups is 1. The molecule has 0 spiro atoms. The Bertz CT molecular complexity index is 482. The SMILES string of the molecule is O=C(O)N1CCC[C@@H]([C@@H](OCCO)c2cccc(Cl)c2)C1. The lowest BCUT2D eigenvalue weighted by Gasteiger charge is -2.35. The molecule has 0 saturated carbocycles. The number of rotatable bonds is 5. The number of aliphatic hydroxyl groups excluding tert-OH is 1. The first kappa shape index (κ1) is 16.1. The highest BCUT2D eigenvalue weighted by Crippen LogP contribution is 2.33. The minimum atomic E-state index is -0.897. The number of carboxylic acid groups (broad SMARTS) is 1. The number of amides is 1. The zero-order valence-electron chi connectivity index (χ0n) is 11.7. The summed E-state index contributed by atoms with van der Waals surface area (Å²) in [5.41, 5.74) is 0.924. The van der Waals surface area contributed by atoms with E-state index in [4.69, 9.17) is 26.6 Å². The van der Waals surface area contributed by atoms with Crippen LogP contribution < -0.4 is 0 Å². The van der Waals surface area contributed by atoms with Crippen LogP contribution in [0.4, 0.5) is 4.79 Å². The van der Waals surface area contributed by atoms with Crippen LogP contribution in [0.15, 0.2) is 24.3 Å². The smallest absolute Gasteiger partial charge is 0.407 e. The van der Waals surface area contributed by atoms with Crippen molar-refractivity contribution in [2.45, 2.75) is 18.9 Å². The van der Waals surface area contributed by atoms with Crippen molar-refractivity contribution in [3.05, 3.63) is 34.9 Å². The van der Waals surface area contributed by atoms with Crippen LogP contribution in [0.3, 0.4) is 0 Å². The number of hydrogen-bond acceptors (Lipinski definition) is 3. The van der Waals surface area contributed by atoms with Crippen molar-refractivity contribution >= 4 is 17.7 Å². The number of nitrogens with zero attached hydrogens (tertiary/aromatic N) is 1. The minimum absolute atomic E-state index is 0.0631. The number of piperidine rings is 1. The molecular formula is C15H20ClNO4. The Labute approximate surface area is 129 Å². The predicted octanol–water partition coefficient (Wildman–Crippen LogP) is 2.78. The van der Waals surface area contributed by atoms with Crippen LogP contribution in [0.2, 0.25) is 5.02 Å². The Balaban J connectivity index is 2.17. The van der Waals surface area contributed by atoms with Crippen molar-refractivity contribution in [3.8, 4) is 0 Å². The quantitative estimate of drug-likeness (QED) is 0.877. The fraction of sp³-hybridized carbons (Fsp3) is 0.533. The Morgan fingerprint density at radius 2 is 2.33 bits per heavy atom. The van der Waals surface area contributed by atoms with Crippen molar-refractivity contribution in [1.29, 1.82) is 0 Å². The first-order valence-corrected chi connectivity index (χ1v) is 7.45. The first-order valence-electron chi connectivity index (χ1n) is 7.07. The molecule has 2 N–H and O–H groups in total. The molecule has 1 aromatic carbocycles. The summed E-state index contributed by atoms with van der Waals surface area (Å²) in [6, 6.07) is 7.40. The van der Waals surface area contributed by atoms with Gasteiger partial charge in [0.1, 0.15) is 0 Å². The maximum absolute atomic E-state index is 11.2. The van der Waals surface area contributed by atoms with Crippen molar-refractivity contribution in [1.82, 2.24) is 4.90 Å². The van der Waals surface area contributed by atoms with E-state index in [-0.39, 0.29) is 25.2 Å². The van der Waals surface area contributed by atoms with Gasteiger partial charge in [-0.3, -0.25) is 0 Å². The number of carbonyl (C=O) groups is 1. The molecule has 1 aliphatic heterocycles. The second-order valence-corrected chi connectivity index (χ2v) is 5.64. The van der Waals surface area contributed by atoms with Gasteiger partial charge in [0.15, 0.2) is 0 Å². The molecule has 0 bridgehead atoms. The third-order valence-corrected chi connectivity index (χ3v) is 3.96. The van der Waals surface area contributed by atoms with E-state index in [9.17, 15) is 4.79 Å². The van der Waals surface area contributed by atoms with Gasteiger partial charge in [0.05, 0.1) is 19.3 Å². The van der Waals surface area contributed by atoms with E-state index in [1.165, 1.54) is 4.90 Å². The molecule has 1 saturated heterocycles. The van der Waals surface area contributed by atoms with Gasteiger partial charge >= 0.3 is 6.09 Å². The molecule has 1 aromatic rings. The maximum atomic E-state index is 11.2. The summed E-state index contributed by atoms with van der Waals surface area (Å²) in [5, 5.41) is 18.8. The molecule has 1 amide bonds. The van der Waals surface area contributed by atoms with Crippen molar-refractivity contribution in [2.24, 2.45) is 5.92 Å². The lowest BCUT2D eigenvalue weighted by atomic mass is 9.88. The molecule has 21 heavy (non-hydrogen) atoms. The van der Waals surface area contributed by atoms with Crippen LogP contribution in [0.1, 0.15) is 24.5 Å². The zero-order chi connectivity index (χ0) is 15.2. The molecule has 2 rings (SSSR count). The number of benzene rings is 1. The van der Waals surface area contributed by atoms with Gasteiger partial charge in [-0.15, -0.1) is 0 Å². The van der Waals surface area contributed by atoms with Crippen LogP contribution in [-0.4, -0.2) is 47.5 Å². The van der Waals surface area contributed by atoms with Crippen LogP contribution in [-0.2, 0) is 4.74 Å². The molecule has 6 heteroatoms. The first-order chi connectivity index (χ1) is 10.1. The zero-order valence-corrected chi connectivity index (χ0v) is 12.5. The Morgan fingerprint density at radius 1 is 1.52 bits per heavy atom. The second-order valence-electron chi connectivity index (χ2n) is 5.20. The average molecular weight is 314 g/mol. The van der Waals surface area contributed by atoms with E-state index in [0.29, 0.717) is 18.1 Å². The summed E-state index contributed by atoms with van der Waals surface area (Å²) < 4.78 is 5.77. The van der Waals surface area contributed by atoms with E-state index in [1.807, 2.05) is 18.2 Å². The van der Waals surface area contributed by atoms with Gasteiger partial charge in [0.25, 0.3) is 0 Å². The van der Waals surface area contributed by atoms with Gasteiger partial charge in [-0.2, -0.15) is 0 Å². The van der Waals surface area contributed by atoms with Gasteiger partial charge in [-0.25, -0.2) is 4.79 Å². The maximum Gasteiger partial charge on any atom is 0.407 e. The third kappa shape index (κ3) is 4.33. The van der Waals surface area contributed by atoms with E-state index >= 15 is 0 Å². The summed E-state index contributed by atoms with van der Waals surface area (Å²) in [5.74, 6) is 0.0693. The second kappa shape index (κ2) is 7.64. The van der Waals surface area contributed by atoms with E-state index < -0.39 is 6.09 Å². The highest BCUT2D eigenvalue weighted by atomic mass is 35.5. The largest absolute Gasteiger partial charge is 0.465 e. The summed E-state index contributed by atoms with van der Waals surface area (Å²) in [4.78, 5) is 12.6. The Hall–Kier alpha value is -1.30. The molecule has 1 aliphatic rings. The topological polar surface area (TPSA) is 70.0 Å². The molecule has 1 fully saturated rings. The lowest BCUT2D eigenvalue weighted by molar-refractivity contribution is -0.0262. The third-order valence-electron chi connectivity index (χ3n) is 3.72. The normalized spacial score (nSPS) is 20.3.